The number of ether oxygens (including phenoxy) is 1. The molecule has 0 saturated heterocycles. The summed E-state index contributed by atoms with van der Waals surface area (Å²) >= 11 is 3.33. The summed E-state index contributed by atoms with van der Waals surface area (Å²) in [5.41, 5.74) is 3.67. The van der Waals surface area contributed by atoms with Crippen molar-refractivity contribution in [2.45, 2.75) is 13.0 Å². The topological polar surface area (TPSA) is 73.1 Å². The van der Waals surface area contributed by atoms with Crippen molar-refractivity contribution < 1.29 is 9.13 Å². The number of hydrazine groups is 1. The van der Waals surface area contributed by atoms with E-state index in [2.05, 4.69) is 31.3 Å². The lowest BCUT2D eigenvalue weighted by molar-refractivity contribution is 0.305. The number of nitrogens with two attached hydrogens (primary N) is 1. The van der Waals surface area contributed by atoms with Crippen LogP contribution in [0.2, 0.25) is 0 Å². The summed E-state index contributed by atoms with van der Waals surface area (Å²) in [5.74, 6) is 4.99. The number of nitrogens with one attached hydrogen (secondary N) is 1. The van der Waals surface area contributed by atoms with Crippen LogP contribution in [0.1, 0.15) is 24.1 Å². The molecule has 7 heteroatoms. The van der Waals surface area contributed by atoms with Crippen molar-refractivity contribution in [2.75, 3.05) is 6.61 Å². The summed E-state index contributed by atoms with van der Waals surface area (Å²) in [6, 6.07) is 2.84. The van der Waals surface area contributed by atoms with E-state index in [-0.39, 0.29) is 5.88 Å². The molecule has 0 saturated carbocycles. The van der Waals surface area contributed by atoms with Crippen LogP contribution in [0.5, 0.6) is 5.88 Å². The van der Waals surface area contributed by atoms with Crippen molar-refractivity contribution in [3.8, 4) is 5.88 Å². The molecule has 2 rings (SSSR count). The highest BCUT2D eigenvalue weighted by molar-refractivity contribution is 9.10. The third-order valence-electron chi connectivity index (χ3n) is 2.71. The van der Waals surface area contributed by atoms with Crippen LogP contribution in [-0.2, 0) is 0 Å². The number of aromatic nitrogens is 2. The Labute approximate surface area is 124 Å². The Morgan fingerprint density at radius 2 is 2.30 bits per heavy atom. The fourth-order valence-corrected chi connectivity index (χ4v) is 2.23. The quantitative estimate of drug-likeness (QED) is 0.645. The van der Waals surface area contributed by atoms with Gasteiger partial charge < -0.3 is 4.74 Å². The van der Waals surface area contributed by atoms with Crippen molar-refractivity contribution in [1.29, 1.82) is 0 Å². The van der Waals surface area contributed by atoms with Crippen molar-refractivity contribution in [2.24, 2.45) is 5.84 Å². The van der Waals surface area contributed by atoms with Gasteiger partial charge in [0.1, 0.15) is 0 Å². The van der Waals surface area contributed by atoms with Crippen LogP contribution in [0, 0.1) is 5.82 Å². The lowest BCUT2D eigenvalue weighted by Crippen LogP contribution is -2.29. The summed E-state index contributed by atoms with van der Waals surface area (Å²) in [6.45, 7) is 2.11. The Balaban J connectivity index is 2.44. The minimum absolute atomic E-state index is 0.0341. The van der Waals surface area contributed by atoms with E-state index in [0.717, 1.165) is 10.0 Å². The van der Waals surface area contributed by atoms with E-state index in [0.29, 0.717) is 12.2 Å². The minimum Gasteiger partial charge on any atom is -0.476 e. The third-order valence-corrected chi connectivity index (χ3v) is 3.14. The number of hydrogen-bond acceptors (Lipinski definition) is 5. The first kappa shape index (κ1) is 14.8. The molecular weight excluding hydrogens is 327 g/mol. The summed E-state index contributed by atoms with van der Waals surface area (Å²) in [6.07, 6.45) is 4.75. The standard InChI is InChI=1S/C13H14BrFN4O/c1-2-20-13-11(15)10(3-4-18-13)12(19-16)8-5-9(14)7-17-6-8/h3-7,12,19H,2,16H2,1H3. The van der Waals surface area contributed by atoms with E-state index in [4.69, 9.17) is 10.6 Å². The predicted octanol–water partition coefficient (Wildman–Crippen LogP) is 2.33. The monoisotopic (exact) mass is 340 g/mol. The van der Waals surface area contributed by atoms with Crippen molar-refractivity contribution in [1.82, 2.24) is 15.4 Å². The van der Waals surface area contributed by atoms with Gasteiger partial charge in [-0.05, 0) is 40.5 Å². The van der Waals surface area contributed by atoms with Crippen molar-refractivity contribution in [3.63, 3.8) is 0 Å². The van der Waals surface area contributed by atoms with E-state index in [9.17, 15) is 4.39 Å². The highest BCUT2D eigenvalue weighted by Gasteiger charge is 2.20. The highest BCUT2D eigenvalue weighted by Crippen LogP contribution is 2.28. The van der Waals surface area contributed by atoms with Crippen LogP contribution in [0.25, 0.3) is 0 Å². The molecular formula is C13H14BrFN4O. The lowest BCUT2D eigenvalue weighted by Gasteiger charge is -2.18. The van der Waals surface area contributed by atoms with Crippen LogP contribution in [0.4, 0.5) is 4.39 Å². The molecule has 2 heterocycles. The van der Waals surface area contributed by atoms with Gasteiger partial charge in [0.15, 0.2) is 5.82 Å². The fraction of sp³-hybridized carbons (Fsp3) is 0.231. The first-order valence-corrected chi connectivity index (χ1v) is 6.80. The molecule has 0 aromatic carbocycles. The molecule has 3 N–H and O–H groups in total. The maximum Gasteiger partial charge on any atom is 0.250 e. The van der Waals surface area contributed by atoms with Gasteiger partial charge in [-0.1, -0.05) is 0 Å². The third kappa shape index (κ3) is 3.12. The molecule has 2 aromatic rings. The largest absolute Gasteiger partial charge is 0.476 e. The zero-order chi connectivity index (χ0) is 14.5. The van der Waals surface area contributed by atoms with E-state index >= 15 is 0 Å². The average Bonchev–Trinajstić information content (AvgIpc) is 2.44. The van der Waals surface area contributed by atoms with E-state index in [1.54, 1.807) is 25.4 Å². The lowest BCUT2D eigenvalue weighted by atomic mass is 10.0. The second kappa shape index (κ2) is 6.74. The van der Waals surface area contributed by atoms with Crippen LogP contribution < -0.4 is 16.0 Å². The molecule has 0 fully saturated rings. The minimum atomic E-state index is -0.540. The van der Waals surface area contributed by atoms with Crippen LogP contribution in [-0.4, -0.2) is 16.6 Å². The summed E-state index contributed by atoms with van der Waals surface area (Å²) in [7, 11) is 0. The first-order valence-electron chi connectivity index (χ1n) is 6.01. The first-order chi connectivity index (χ1) is 9.67. The smallest absolute Gasteiger partial charge is 0.250 e. The maximum atomic E-state index is 14.4. The molecule has 20 heavy (non-hydrogen) atoms. The Bertz CT molecular complexity index is 596. The molecule has 0 bridgehead atoms. The molecule has 2 aromatic heterocycles. The highest BCUT2D eigenvalue weighted by atomic mass is 79.9. The van der Waals surface area contributed by atoms with Crippen molar-refractivity contribution >= 4 is 15.9 Å². The molecule has 5 nitrogen and oxygen atoms in total. The molecule has 0 amide bonds. The van der Waals surface area contributed by atoms with Gasteiger partial charge in [0, 0.05) is 28.6 Å². The summed E-state index contributed by atoms with van der Waals surface area (Å²) in [5, 5.41) is 0. The summed E-state index contributed by atoms with van der Waals surface area (Å²) < 4.78 is 20.3. The molecule has 1 unspecified atom stereocenters. The van der Waals surface area contributed by atoms with Gasteiger partial charge in [0.05, 0.1) is 12.6 Å². The maximum absolute atomic E-state index is 14.4. The number of rotatable bonds is 5. The van der Waals surface area contributed by atoms with Crippen molar-refractivity contribution in [3.05, 3.63) is 52.1 Å². The summed E-state index contributed by atoms with van der Waals surface area (Å²) in [4.78, 5) is 7.92. The molecule has 0 spiro atoms. The van der Waals surface area contributed by atoms with Crippen LogP contribution >= 0.6 is 15.9 Å². The number of hydrogen-bond donors (Lipinski definition) is 2. The zero-order valence-corrected chi connectivity index (χ0v) is 12.4. The van der Waals surface area contributed by atoms with Gasteiger partial charge in [-0.25, -0.2) is 14.8 Å². The molecule has 106 valence electrons. The molecule has 0 aliphatic rings. The Kier molecular flexibility index (Phi) is 4.99. The van der Waals surface area contributed by atoms with Gasteiger partial charge in [-0.3, -0.25) is 10.8 Å². The number of pyridine rings is 2. The zero-order valence-electron chi connectivity index (χ0n) is 10.8. The Morgan fingerprint density at radius 3 is 2.95 bits per heavy atom. The van der Waals surface area contributed by atoms with E-state index in [1.165, 1.54) is 6.20 Å². The van der Waals surface area contributed by atoms with Crippen LogP contribution in [0.3, 0.4) is 0 Å². The van der Waals surface area contributed by atoms with Gasteiger partial charge in [-0.2, -0.15) is 0 Å². The van der Waals surface area contributed by atoms with Gasteiger partial charge >= 0.3 is 0 Å². The van der Waals surface area contributed by atoms with Crippen LogP contribution in [0.15, 0.2) is 35.2 Å². The number of nitrogens with zero attached hydrogens (tertiary/aromatic N) is 2. The normalized spacial score (nSPS) is 12.2. The predicted molar refractivity (Wildman–Crippen MR) is 76.5 cm³/mol. The average molecular weight is 341 g/mol. The molecule has 0 radical (unpaired) electrons. The molecule has 1 atom stereocenters. The van der Waals surface area contributed by atoms with Gasteiger partial charge in [0.2, 0.25) is 0 Å². The van der Waals surface area contributed by atoms with Gasteiger partial charge in [0.25, 0.3) is 5.88 Å². The molecule has 0 aliphatic carbocycles. The molecule has 0 aliphatic heterocycles. The van der Waals surface area contributed by atoms with Gasteiger partial charge in [-0.15, -0.1) is 0 Å². The number of halogens is 2. The second-order valence-corrected chi connectivity index (χ2v) is 4.90. The fourth-order valence-electron chi connectivity index (χ4n) is 1.85. The SMILES string of the molecule is CCOc1nccc(C(NN)c2cncc(Br)c2)c1F. The van der Waals surface area contributed by atoms with E-state index in [1.807, 2.05) is 6.07 Å². The Morgan fingerprint density at radius 1 is 1.50 bits per heavy atom. The second-order valence-electron chi connectivity index (χ2n) is 3.99. The Hall–Kier alpha value is -1.57. The van der Waals surface area contributed by atoms with E-state index < -0.39 is 11.9 Å².